The van der Waals surface area contributed by atoms with Crippen molar-refractivity contribution in [2.45, 2.75) is 33.2 Å². The van der Waals surface area contributed by atoms with E-state index in [0.29, 0.717) is 11.6 Å². The number of nitrogens with one attached hydrogen (secondary N) is 2. The van der Waals surface area contributed by atoms with Crippen LogP contribution in [-0.4, -0.2) is 37.0 Å². The van der Waals surface area contributed by atoms with Gasteiger partial charge in [-0.15, -0.1) is 0 Å². The molecule has 1 aromatic rings. The minimum atomic E-state index is -0.273. The van der Waals surface area contributed by atoms with Crippen molar-refractivity contribution in [1.29, 1.82) is 0 Å². The summed E-state index contributed by atoms with van der Waals surface area (Å²) in [5.74, 6) is 0.0551. The van der Waals surface area contributed by atoms with Crippen molar-refractivity contribution in [2.75, 3.05) is 20.1 Å². The Labute approximate surface area is 143 Å². The number of urea groups is 1. The molecule has 0 aromatic heterocycles. The first-order valence-corrected chi connectivity index (χ1v) is 8.26. The standard InChI is InChI=1S/C17H26ClN3O2/c1-5-10-19-15(22)11-21(4)17(23)20-16(12(2)3)13-6-8-14(18)9-7-13/h6-9,12,16H,5,10-11H2,1-4H3,(H,19,22)(H,20,23)/t16-/m0/s1. The summed E-state index contributed by atoms with van der Waals surface area (Å²) in [6.07, 6.45) is 0.869. The van der Waals surface area contributed by atoms with E-state index in [1.165, 1.54) is 4.90 Å². The first kappa shape index (κ1) is 19.3. The molecule has 0 spiro atoms. The summed E-state index contributed by atoms with van der Waals surface area (Å²) in [5.41, 5.74) is 0.988. The van der Waals surface area contributed by atoms with E-state index in [1.807, 2.05) is 32.9 Å². The third-order valence-electron chi connectivity index (χ3n) is 3.47. The Balaban J connectivity index is 2.67. The van der Waals surface area contributed by atoms with Gasteiger partial charge in [0.15, 0.2) is 0 Å². The van der Waals surface area contributed by atoms with Crippen molar-refractivity contribution in [1.82, 2.24) is 15.5 Å². The number of rotatable bonds is 7. The fourth-order valence-electron chi connectivity index (χ4n) is 2.16. The molecule has 23 heavy (non-hydrogen) atoms. The van der Waals surface area contributed by atoms with Gasteiger partial charge in [-0.05, 0) is 30.0 Å². The third kappa shape index (κ3) is 6.48. The van der Waals surface area contributed by atoms with E-state index < -0.39 is 0 Å². The van der Waals surface area contributed by atoms with E-state index >= 15 is 0 Å². The summed E-state index contributed by atoms with van der Waals surface area (Å²) in [7, 11) is 1.61. The molecule has 0 saturated heterocycles. The van der Waals surface area contributed by atoms with E-state index in [2.05, 4.69) is 10.6 Å². The molecule has 0 bridgehead atoms. The molecule has 0 fully saturated rings. The molecule has 1 atom stereocenters. The number of nitrogens with zero attached hydrogens (tertiary/aromatic N) is 1. The van der Waals surface area contributed by atoms with Crippen molar-refractivity contribution < 1.29 is 9.59 Å². The highest BCUT2D eigenvalue weighted by Gasteiger charge is 2.21. The van der Waals surface area contributed by atoms with Crippen LogP contribution in [0.4, 0.5) is 4.79 Å². The Kier molecular flexibility index (Phi) is 7.89. The van der Waals surface area contributed by atoms with Gasteiger partial charge in [0.1, 0.15) is 6.54 Å². The van der Waals surface area contributed by atoms with Crippen molar-refractivity contribution in [3.8, 4) is 0 Å². The highest BCUT2D eigenvalue weighted by Crippen LogP contribution is 2.23. The minimum absolute atomic E-state index is 0.0390. The molecule has 0 saturated carbocycles. The number of amides is 3. The molecule has 5 nitrogen and oxygen atoms in total. The maximum absolute atomic E-state index is 12.3. The number of carbonyl (C=O) groups excluding carboxylic acids is 2. The van der Waals surface area contributed by atoms with Crippen LogP contribution in [0.1, 0.15) is 38.8 Å². The van der Waals surface area contributed by atoms with E-state index in [0.717, 1.165) is 12.0 Å². The smallest absolute Gasteiger partial charge is 0.318 e. The largest absolute Gasteiger partial charge is 0.355 e. The van der Waals surface area contributed by atoms with Gasteiger partial charge in [0, 0.05) is 18.6 Å². The Morgan fingerprint density at radius 1 is 1.22 bits per heavy atom. The van der Waals surface area contributed by atoms with Crippen LogP contribution in [-0.2, 0) is 4.79 Å². The molecule has 1 aromatic carbocycles. The topological polar surface area (TPSA) is 61.4 Å². The Hall–Kier alpha value is -1.75. The zero-order chi connectivity index (χ0) is 17.4. The second-order valence-corrected chi connectivity index (χ2v) is 6.37. The van der Waals surface area contributed by atoms with Crippen LogP contribution >= 0.6 is 11.6 Å². The number of halogens is 1. The van der Waals surface area contributed by atoms with Crippen LogP contribution in [0.25, 0.3) is 0 Å². The lowest BCUT2D eigenvalue weighted by Gasteiger charge is -2.26. The molecule has 3 amide bonds. The second kappa shape index (κ2) is 9.40. The SMILES string of the molecule is CCCNC(=O)CN(C)C(=O)N[C@H](c1ccc(Cl)cc1)C(C)C. The molecule has 1 rings (SSSR count). The van der Waals surface area contributed by atoms with Crippen LogP contribution in [0.3, 0.4) is 0 Å². The first-order valence-electron chi connectivity index (χ1n) is 7.89. The monoisotopic (exact) mass is 339 g/mol. The lowest BCUT2D eigenvalue weighted by Crippen LogP contribution is -2.45. The summed E-state index contributed by atoms with van der Waals surface area (Å²) < 4.78 is 0. The van der Waals surface area contributed by atoms with E-state index in [1.54, 1.807) is 19.2 Å². The number of benzene rings is 1. The van der Waals surface area contributed by atoms with Gasteiger partial charge < -0.3 is 15.5 Å². The van der Waals surface area contributed by atoms with Gasteiger partial charge in [0.2, 0.25) is 5.91 Å². The normalized spacial score (nSPS) is 11.9. The molecule has 0 aliphatic rings. The number of hydrogen-bond acceptors (Lipinski definition) is 2. The van der Waals surface area contributed by atoms with Gasteiger partial charge in [-0.2, -0.15) is 0 Å². The zero-order valence-corrected chi connectivity index (χ0v) is 15.0. The number of hydrogen-bond donors (Lipinski definition) is 2. The fourth-order valence-corrected chi connectivity index (χ4v) is 2.28. The maximum atomic E-state index is 12.3. The van der Waals surface area contributed by atoms with Crippen LogP contribution in [0.15, 0.2) is 24.3 Å². The first-order chi connectivity index (χ1) is 10.8. The van der Waals surface area contributed by atoms with E-state index in [-0.39, 0.29) is 30.4 Å². The minimum Gasteiger partial charge on any atom is -0.355 e. The molecule has 2 N–H and O–H groups in total. The van der Waals surface area contributed by atoms with Gasteiger partial charge in [0.25, 0.3) is 0 Å². The average molecular weight is 340 g/mol. The summed E-state index contributed by atoms with van der Waals surface area (Å²) in [6, 6.07) is 7.01. The Bertz CT molecular complexity index is 517. The quantitative estimate of drug-likeness (QED) is 0.801. The van der Waals surface area contributed by atoms with E-state index in [9.17, 15) is 9.59 Å². The average Bonchev–Trinajstić information content (AvgIpc) is 2.51. The number of carbonyl (C=O) groups is 2. The predicted octanol–water partition coefficient (Wildman–Crippen LogP) is 3.20. The molecular weight excluding hydrogens is 314 g/mol. The molecule has 0 heterocycles. The fraction of sp³-hybridized carbons (Fsp3) is 0.529. The zero-order valence-electron chi connectivity index (χ0n) is 14.2. The molecular formula is C17H26ClN3O2. The van der Waals surface area contributed by atoms with Crippen LogP contribution in [0.2, 0.25) is 5.02 Å². The predicted molar refractivity (Wildman–Crippen MR) is 93.5 cm³/mol. The van der Waals surface area contributed by atoms with Gasteiger partial charge in [-0.3, -0.25) is 4.79 Å². The highest BCUT2D eigenvalue weighted by molar-refractivity contribution is 6.30. The molecule has 0 radical (unpaired) electrons. The van der Waals surface area contributed by atoms with Crippen LogP contribution < -0.4 is 10.6 Å². The van der Waals surface area contributed by atoms with Crippen molar-refractivity contribution in [2.24, 2.45) is 5.92 Å². The molecule has 0 aliphatic heterocycles. The van der Waals surface area contributed by atoms with E-state index in [4.69, 9.17) is 11.6 Å². The van der Waals surface area contributed by atoms with Crippen molar-refractivity contribution in [3.05, 3.63) is 34.9 Å². The van der Waals surface area contributed by atoms with Crippen molar-refractivity contribution in [3.63, 3.8) is 0 Å². The summed E-state index contributed by atoms with van der Waals surface area (Å²) in [5, 5.41) is 6.39. The Morgan fingerprint density at radius 2 is 1.83 bits per heavy atom. The second-order valence-electron chi connectivity index (χ2n) is 5.93. The lowest BCUT2D eigenvalue weighted by molar-refractivity contribution is -0.121. The van der Waals surface area contributed by atoms with Gasteiger partial charge in [-0.25, -0.2) is 4.79 Å². The summed E-state index contributed by atoms with van der Waals surface area (Å²) in [4.78, 5) is 25.4. The van der Waals surface area contributed by atoms with Crippen LogP contribution in [0.5, 0.6) is 0 Å². The molecule has 6 heteroatoms. The summed E-state index contributed by atoms with van der Waals surface area (Å²) >= 11 is 5.91. The van der Waals surface area contributed by atoms with Gasteiger partial charge in [-0.1, -0.05) is 44.5 Å². The Morgan fingerprint density at radius 3 is 2.35 bits per heavy atom. The maximum Gasteiger partial charge on any atom is 0.318 e. The van der Waals surface area contributed by atoms with Crippen molar-refractivity contribution >= 4 is 23.5 Å². The number of likely N-dealkylation sites (N-methyl/N-ethyl adjacent to an activating group) is 1. The highest BCUT2D eigenvalue weighted by atomic mass is 35.5. The lowest BCUT2D eigenvalue weighted by atomic mass is 9.96. The summed E-state index contributed by atoms with van der Waals surface area (Å²) in [6.45, 7) is 6.71. The molecule has 0 aliphatic carbocycles. The third-order valence-corrected chi connectivity index (χ3v) is 3.73. The molecule has 0 unspecified atom stereocenters. The van der Waals surface area contributed by atoms with Gasteiger partial charge >= 0.3 is 6.03 Å². The molecule has 128 valence electrons. The van der Waals surface area contributed by atoms with Crippen LogP contribution in [0, 0.1) is 5.92 Å². The van der Waals surface area contributed by atoms with Gasteiger partial charge in [0.05, 0.1) is 6.04 Å².